The highest BCUT2D eigenvalue weighted by Crippen LogP contribution is 2.06. The second kappa shape index (κ2) is 5.33. The topological polar surface area (TPSA) is 44.2 Å². The fraction of sp³-hybridized carbons (Fsp3) is 0.500. The predicted molar refractivity (Wildman–Crippen MR) is 56.7 cm³/mol. The third kappa shape index (κ3) is 3.86. The van der Waals surface area contributed by atoms with E-state index < -0.39 is 0 Å². The van der Waals surface area contributed by atoms with E-state index in [1.54, 1.807) is 19.5 Å². The maximum Gasteiger partial charge on any atom is 0.316 e. The van der Waals surface area contributed by atoms with Crippen molar-refractivity contribution in [3.8, 4) is 6.01 Å². The highest BCUT2D eigenvalue weighted by Gasteiger charge is 2.04. The standard InChI is InChI=1S/C8H11IN2O2/c1-6(5-12-2)13-8-10-3-7(9)4-11-8/h3-4,6H,5H2,1-2H3. The van der Waals surface area contributed by atoms with Crippen LogP contribution in [0.3, 0.4) is 0 Å². The van der Waals surface area contributed by atoms with Gasteiger partial charge in [0.15, 0.2) is 0 Å². The van der Waals surface area contributed by atoms with Crippen molar-refractivity contribution in [1.29, 1.82) is 0 Å². The van der Waals surface area contributed by atoms with Crippen LogP contribution in [0.1, 0.15) is 6.92 Å². The van der Waals surface area contributed by atoms with Crippen molar-refractivity contribution in [3.05, 3.63) is 16.0 Å². The van der Waals surface area contributed by atoms with E-state index in [1.165, 1.54) is 0 Å². The molecule has 1 rings (SSSR count). The van der Waals surface area contributed by atoms with Gasteiger partial charge in [-0.25, -0.2) is 9.97 Å². The lowest BCUT2D eigenvalue weighted by atomic mass is 10.4. The Kier molecular flexibility index (Phi) is 4.37. The molecule has 0 radical (unpaired) electrons. The molecule has 0 aliphatic heterocycles. The molecule has 0 saturated carbocycles. The Morgan fingerprint density at radius 3 is 2.62 bits per heavy atom. The molecule has 0 bridgehead atoms. The first-order chi connectivity index (χ1) is 6.22. The summed E-state index contributed by atoms with van der Waals surface area (Å²) in [5.41, 5.74) is 0. The molecule has 0 saturated heterocycles. The summed E-state index contributed by atoms with van der Waals surface area (Å²) < 4.78 is 11.3. The van der Waals surface area contributed by atoms with Crippen LogP contribution < -0.4 is 4.74 Å². The fourth-order valence-electron chi connectivity index (χ4n) is 0.810. The van der Waals surface area contributed by atoms with Crippen LogP contribution in [0.2, 0.25) is 0 Å². The first-order valence-electron chi connectivity index (χ1n) is 3.85. The lowest BCUT2D eigenvalue weighted by Gasteiger charge is -2.10. The molecule has 0 aliphatic rings. The van der Waals surface area contributed by atoms with Gasteiger partial charge in [0.05, 0.1) is 6.61 Å². The summed E-state index contributed by atoms with van der Waals surface area (Å²) in [6.07, 6.45) is 3.40. The Labute approximate surface area is 90.8 Å². The van der Waals surface area contributed by atoms with Crippen molar-refractivity contribution in [3.63, 3.8) is 0 Å². The van der Waals surface area contributed by atoms with Crippen molar-refractivity contribution in [2.75, 3.05) is 13.7 Å². The molecule has 13 heavy (non-hydrogen) atoms. The zero-order valence-corrected chi connectivity index (χ0v) is 9.69. The van der Waals surface area contributed by atoms with Crippen molar-refractivity contribution in [2.24, 2.45) is 0 Å². The van der Waals surface area contributed by atoms with Crippen molar-refractivity contribution < 1.29 is 9.47 Å². The molecule has 0 spiro atoms. The van der Waals surface area contributed by atoms with E-state index >= 15 is 0 Å². The fourth-order valence-corrected chi connectivity index (χ4v) is 1.09. The van der Waals surface area contributed by atoms with Crippen molar-refractivity contribution in [1.82, 2.24) is 9.97 Å². The average Bonchev–Trinajstić information content (AvgIpc) is 2.09. The first kappa shape index (κ1) is 10.6. The highest BCUT2D eigenvalue weighted by atomic mass is 127. The van der Waals surface area contributed by atoms with Crippen LogP contribution in [-0.4, -0.2) is 29.8 Å². The minimum absolute atomic E-state index is 0.0231. The number of methoxy groups -OCH3 is 1. The molecule has 0 amide bonds. The SMILES string of the molecule is COCC(C)Oc1ncc(I)cn1. The van der Waals surface area contributed by atoms with E-state index in [1.807, 2.05) is 6.92 Å². The van der Waals surface area contributed by atoms with E-state index in [4.69, 9.17) is 9.47 Å². The normalized spacial score (nSPS) is 12.5. The number of halogens is 1. The maximum atomic E-state index is 5.36. The number of rotatable bonds is 4. The minimum atomic E-state index is -0.0231. The molecule has 0 fully saturated rings. The molecule has 1 atom stereocenters. The summed E-state index contributed by atoms with van der Waals surface area (Å²) >= 11 is 2.14. The minimum Gasteiger partial charge on any atom is -0.458 e. The molecule has 4 nitrogen and oxygen atoms in total. The van der Waals surface area contributed by atoms with Crippen LogP contribution in [0.15, 0.2) is 12.4 Å². The van der Waals surface area contributed by atoms with Crippen LogP contribution in [0.4, 0.5) is 0 Å². The summed E-state index contributed by atoms with van der Waals surface area (Å²) in [4.78, 5) is 8.01. The third-order valence-electron chi connectivity index (χ3n) is 1.30. The number of hydrogen-bond donors (Lipinski definition) is 0. The average molecular weight is 294 g/mol. The second-order valence-corrected chi connectivity index (χ2v) is 3.81. The van der Waals surface area contributed by atoms with Crippen molar-refractivity contribution in [2.45, 2.75) is 13.0 Å². The molecule has 1 heterocycles. The summed E-state index contributed by atoms with van der Waals surface area (Å²) in [6.45, 7) is 2.44. The van der Waals surface area contributed by atoms with E-state index in [2.05, 4.69) is 32.6 Å². The van der Waals surface area contributed by atoms with Gasteiger partial charge in [0.1, 0.15) is 6.10 Å². The number of aromatic nitrogens is 2. The van der Waals surface area contributed by atoms with Crippen LogP contribution >= 0.6 is 22.6 Å². The Balaban J connectivity index is 2.49. The van der Waals surface area contributed by atoms with Gasteiger partial charge in [0, 0.05) is 23.1 Å². The van der Waals surface area contributed by atoms with E-state index in [0.717, 1.165) is 3.57 Å². The van der Waals surface area contributed by atoms with E-state index in [0.29, 0.717) is 12.6 Å². The van der Waals surface area contributed by atoms with Gasteiger partial charge in [-0.3, -0.25) is 0 Å². The van der Waals surface area contributed by atoms with Gasteiger partial charge in [-0.15, -0.1) is 0 Å². The summed E-state index contributed by atoms with van der Waals surface area (Å²) in [5.74, 6) is 0. The molecule has 1 aromatic heterocycles. The summed E-state index contributed by atoms with van der Waals surface area (Å²) in [6, 6.07) is 0.393. The molecule has 0 aromatic carbocycles. The number of hydrogen-bond acceptors (Lipinski definition) is 4. The smallest absolute Gasteiger partial charge is 0.316 e. The maximum absolute atomic E-state index is 5.36. The molecule has 1 aromatic rings. The monoisotopic (exact) mass is 294 g/mol. The van der Waals surface area contributed by atoms with Gasteiger partial charge in [-0.2, -0.15) is 0 Å². The van der Waals surface area contributed by atoms with Crippen LogP contribution in [0, 0.1) is 3.57 Å². The van der Waals surface area contributed by atoms with Gasteiger partial charge in [0.2, 0.25) is 0 Å². The van der Waals surface area contributed by atoms with Crippen LogP contribution in [0.25, 0.3) is 0 Å². The van der Waals surface area contributed by atoms with E-state index in [9.17, 15) is 0 Å². The van der Waals surface area contributed by atoms with Crippen LogP contribution in [-0.2, 0) is 4.74 Å². The number of nitrogens with zero attached hydrogens (tertiary/aromatic N) is 2. The third-order valence-corrected chi connectivity index (χ3v) is 1.86. The van der Waals surface area contributed by atoms with Gasteiger partial charge in [-0.05, 0) is 29.5 Å². The molecule has 5 heteroatoms. The van der Waals surface area contributed by atoms with Gasteiger partial charge in [0.25, 0.3) is 0 Å². The quantitative estimate of drug-likeness (QED) is 0.789. The Morgan fingerprint density at radius 2 is 2.08 bits per heavy atom. The highest BCUT2D eigenvalue weighted by molar-refractivity contribution is 14.1. The molecule has 0 aliphatic carbocycles. The summed E-state index contributed by atoms with van der Waals surface area (Å²) in [5, 5.41) is 0. The molecule has 72 valence electrons. The zero-order valence-electron chi connectivity index (χ0n) is 7.53. The van der Waals surface area contributed by atoms with Gasteiger partial charge >= 0.3 is 6.01 Å². The summed E-state index contributed by atoms with van der Waals surface area (Å²) in [7, 11) is 1.63. The number of ether oxygens (including phenoxy) is 2. The Morgan fingerprint density at radius 1 is 1.46 bits per heavy atom. The van der Waals surface area contributed by atoms with Crippen LogP contribution in [0.5, 0.6) is 6.01 Å². The first-order valence-corrected chi connectivity index (χ1v) is 4.93. The van der Waals surface area contributed by atoms with E-state index in [-0.39, 0.29) is 6.10 Å². The Hall–Kier alpha value is -0.430. The largest absolute Gasteiger partial charge is 0.458 e. The van der Waals surface area contributed by atoms with Gasteiger partial charge in [-0.1, -0.05) is 0 Å². The van der Waals surface area contributed by atoms with Gasteiger partial charge < -0.3 is 9.47 Å². The Bertz CT molecular complexity index is 253. The zero-order chi connectivity index (χ0) is 9.68. The lowest BCUT2D eigenvalue weighted by Crippen LogP contribution is -2.19. The predicted octanol–water partition coefficient (Wildman–Crippen LogP) is 1.49. The molecular formula is C8H11IN2O2. The molecule has 0 N–H and O–H groups in total. The second-order valence-electron chi connectivity index (χ2n) is 2.57. The van der Waals surface area contributed by atoms with Crippen molar-refractivity contribution >= 4 is 22.6 Å². The molecule has 1 unspecified atom stereocenters. The lowest BCUT2D eigenvalue weighted by molar-refractivity contribution is 0.0855. The molecular weight excluding hydrogens is 283 g/mol.